The Labute approximate surface area is 114 Å². The molecular weight excluding hydrogens is 234 g/mol. The number of hydrogen-bond acceptors (Lipinski definition) is 3. The lowest BCUT2D eigenvalue weighted by atomic mass is 10.1. The predicted molar refractivity (Wildman–Crippen MR) is 77.1 cm³/mol. The minimum absolute atomic E-state index is 0.708. The molecule has 0 spiro atoms. The quantitative estimate of drug-likeness (QED) is 0.838. The predicted octanol–water partition coefficient (Wildman–Crippen LogP) is 2.94. The van der Waals surface area contributed by atoms with Crippen LogP contribution < -0.4 is 4.90 Å². The van der Waals surface area contributed by atoms with Crippen molar-refractivity contribution < 1.29 is 0 Å². The topological polar surface area (TPSA) is 39.9 Å². The second kappa shape index (κ2) is 6.01. The fourth-order valence-corrected chi connectivity index (χ4v) is 2.10. The molecule has 2 rings (SSSR count). The summed E-state index contributed by atoms with van der Waals surface area (Å²) in [5, 5.41) is 8.87. The van der Waals surface area contributed by atoms with Gasteiger partial charge in [0.05, 0.1) is 11.6 Å². The van der Waals surface area contributed by atoms with E-state index in [0.717, 1.165) is 29.9 Å². The fourth-order valence-electron chi connectivity index (χ4n) is 2.10. The van der Waals surface area contributed by atoms with E-state index >= 15 is 0 Å². The van der Waals surface area contributed by atoms with Crippen LogP contribution in [0, 0.1) is 18.3 Å². The molecule has 0 unspecified atom stereocenters. The Hall–Kier alpha value is -2.34. The van der Waals surface area contributed by atoms with E-state index in [2.05, 4.69) is 23.0 Å². The maximum atomic E-state index is 8.87. The van der Waals surface area contributed by atoms with Gasteiger partial charge in [0.15, 0.2) is 0 Å². The molecular formula is C16H17N3. The number of likely N-dealkylation sites (N-methyl/N-ethyl adjacent to an activating group) is 1. The largest absolute Gasteiger partial charge is 0.374 e. The van der Waals surface area contributed by atoms with Crippen molar-refractivity contribution in [2.24, 2.45) is 0 Å². The van der Waals surface area contributed by atoms with Gasteiger partial charge in [0.2, 0.25) is 0 Å². The molecule has 1 aromatic heterocycles. The highest BCUT2D eigenvalue weighted by Gasteiger charge is 2.06. The molecule has 0 amide bonds. The number of aryl methyl sites for hydroxylation is 1. The Bertz CT molecular complexity index is 585. The van der Waals surface area contributed by atoms with E-state index in [0.29, 0.717) is 5.56 Å². The number of nitriles is 1. The maximum Gasteiger partial charge on any atom is 0.0991 e. The Morgan fingerprint density at radius 1 is 1.26 bits per heavy atom. The van der Waals surface area contributed by atoms with Gasteiger partial charge in [-0.15, -0.1) is 0 Å². The third-order valence-electron chi connectivity index (χ3n) is 3.17. The molecule has 2 aromatic rings. The monoisotopic (exact) mass is 251 g/mol. The van der Waals surface area contributed by atoms with E-state index < -0.39 is 0 Å². The summed E-state index contributed by atoms with van der Waals surface area (Å²) in [6, 6.07) is 13.9. The Kier molecular flexibility index (Phi) is 4.15. The Morgan fingerprint density at radius 3 is 2.74 bits per heavy atom. The average Bonchev–Trinajstić information content (AvgIpc) is 2.45. The summed E-state index contributed by atoms with van der Waals surface area (Å²) in [6.45, 7) is 2.94. The molecule has 1 aromatic carbocycles. The molecule has 0 radical (unpaired) electrons. The summed E-state index contributed by atoms with van der Waals surface area (Å²) in [4.78, 5) is 6.52. The maximum absolute atomic E-state index is 8.87. The van der Waals surface area contributed by atoms with Gasteiger partial charge >= 0.3 is 0 Å². The van der Waals surface area contributed by atoms with Gasteiger partial charge in [-0.3, -0.25) is 4.98 Å². The van der Waals surface area contributed by atoms with Gasteiger partial charge < -0.3 is 4.90 Å². The summed E-state index contributed by atoms with van der Waals surface area (Å²) >= 11 is 0. The van der Waals surface area contributed by atoms with Gasteiger partial charge in [-0.25, -0.2) is 0 Å². The van der Waals surface area contributed by atoms with E-state index in [1.807, 2.05) is 49.5 Å². The van der Waals surface area contributed by atoms with Gasteiger partial charge in [0, 0.05) is 37.6 Å². The number of nitrogens with zero attached hydrogens (tertiary/aromatic N) is 3. The van der Waals surface area contributed by atoms with Crippen LogP contribution in [-0.4, -0.2) is 18.6 Å². The van der Waals surface area contributed by atoms with Gasteiger partial charge in [0.1, 0.15) is 0 Å². The molecule has 0 saturated heterocycles. The van der Waals surface area contributed by atoms with E-state index in [9.17, 15) is 0 Å². The van der Waals surface area contributed by atoms with Crippen LogP contribution in [0.2, 0.25) is 0 Å². The van der Waals surface area contributed by atoms with Gasteiger partial charge in [-0.1, -0.05) is 6.07 Å². The van der Waals surface area contributed by atoms with Crippen molar-refractivity contribution in [1.82, 2.24) is 4.98 Å². The number of anilines is 1. The van der Waals surface area contributed by atoms with Crippen LogP contribution in [0.15, 0.2) is 42.6 Å². The first-order valence-corrected chi connectivity index (χ1v) is 6.32. The number of pyridine rings is 1. The van der Waals surface area contributed by atoms with Crippen molar-refractivity contribution in [3.05, 3.63) is 59.4 Å². The molecule has 1 heterocycles. The second-order valence-corrected chi connectivity index (χ2v) is 4.61. The third-order valence-corrected chi connectivity index (χ3v) is 3.17. The van der Waals surface area contributed by atoms with E-state index in [-0.39, 0.29) is 0 Å². The zero-order chi connectivity index (χ0) is 13.7. The lowest BCUT2D eigenvalue weighted by molar-refractivity contribution is 0.849. The molecule has 0 saturated carbocycles. The van der Waals surface area contributed by atoms with Crippen molar-refractivity contribution in [2.45, 2.75) is 13.3 Å². The molecule has 0 bridgehead atoms. The van der Waals surface area contributed by atoms with Crippen LogP contribution in [0.5, 0.6) is 0 Å². The Balaban J connectivity index is 2.04. The van der Waals surface area contributed by atoms with Crippen LogP contribution in [0.1, 0.15) is 16.8 Å². The van der Waals surface area contributed by atoms with Crippen LogP contribution >= 0.6 is 0 Å². The van der Waals surface area contributed by atoms with Crippen LogP contribution in [0.3, 0.4) is 0 Å². The highest BCUT2D eigenvalue weighted by molar-refractivity contribution is 5.55. The van der Waals surface area contributed by atoms with E-state index in [1.54, 1.807) is 0 Å². The van der Waals surface area contributed by atoms with Crippen LogP contribution in [0.4, 0.5) is 5.69 Å². The van der Waals surface area contributed by atoms with Crippen molar-refractivity contribution >= 4 is 5.69 Å². The smallest absolute Gasteiger partial charge is 0.0991 e. The van der Waals surface area contributed by atoms with E-state index in [1.165, 1.54) is 0 Å². The lowest BCUT2D eigenvalue weighted by Crippen LogP contribution is -2.21. The molecule has 3 nitrogen and oxygen atoms in total. The normalized spacial score (nSPS) is 9.95. The standard InChI is InChI=1S/C16H17N3/c1-13-11-14(12-17)6-7-16(13)19(2)10-8-15-5-3-4-9-18-15/h3-7,9,11H,8,10H2,1-2H3. The molecule has 0 fully saturated rings. The number of benzene rings is 1. The molecule has 3 heteroatoms. The summed E-state index contributed by atoms with van der Waals surface area (Å²) < 4.78 is 0. The number of hydrogen-bond donors (Lipinski definition) is 0. The van der Waals surface area contributed by atoms with Crippen molar-refractivity contribution in [2.75, 3.05) is 18.5 Å². The van der Waals surface area contributed by atoms with Gasteiger partial charge in [-0.05, 0) is 42.8 Å². The minimum atomic E-state index is 0.708. The average molecular weight is 251 g/mol. The van der Waals surface area contributed by atoms with Gasteiger partial charge in [0.25, 0.3) is 0 Å². The summed E-state index contributed by atoms with van der Waals surface area (Å²) in [7, 11) is 2.07. The fraction of sp³-hybridized carbons (Fsp3) is 0.250. The third kappa shape index (κ3) is 3.32. The van der Waals surface area contributed by atoms with Crippen molar-refractivity contribution in [3.8, 4) is 6.07 Å². The summed E-state index contributed by atoms with van der Waals surface area (Å²) in [5.74, 6) is 0. The molecule has 0 aliphatic rings. The number of aromatic nitrogens is 1. The number of rotatable bonds is 4. The Morgan fingerprint density at radius 2 is 2.11 bits per heavy atom. The SMILES string of the molecule is Cc1cc(C#N)ccc1N(C)CCc1ccccn1. The van der Waals surface area contributed by atoms with Crippen LogP contribution in [0.25, 0.3) is 0 Å². The highest BCUT2D eigenvalue weighted by Crippen LogP contribution is 2.20. The van der Waals surface area contributed by atoms with Crippen molar-refractivity contribution in [1.29, 1.82) is 5.26 Å². The molecule has 96 valence electrons. The highest BCUT2D eigenvalue weighted by atomic mass is 15.1. The van der Waals surface area contributed by atoms with Gasteiger partial charge in [-0.2, -0.15) is 5.26 Å². The minimum Gasteiger partial charge on any atom is -0.374 e. The zero-order valence-corrected chi connectivity index (χ0v) is 11.3. The molecule has 19 heavy (non-hydrogen) atoms. The van der Waals surface area contributed by atoms with Crippen LogP contribution in [-0.2, 0) is 6.42 Å². The molecule has 0 N–H and O–H groups in total. The van der Waals surface area contributed by atoms with Crippen molar-refractivity contribution in [3.63, 3.8) is 0 Å². The molecule has 0 aliphatic carbocycles. The van der Waals surface area contributed by atoms with E-state index in [4.69, 9.17) is 5.26 Å². The summed E-state index contributed by atoms with van der Waals surface area (Å²) in [5.41, 5.74) is 4.09. The molecule has 0 aliphatic heterocycles. The first-order chi connectivity index (χ1) is 9.20. The lowest BCUT2D eigenvalue weighted by Gasteiger charge is -2.21. The first kappa shape index (κ1) is 13.1. The second-order valence-electron chi connectivity index (χ2n) is 4.61. The summed E-state index contributed by atoms with van der Waals surface area (Å²) in [6.07, 6.45) is 2.74. The first-order valence-electron chi connectivity index (χ1n) is 6.32. The molecule has 0 atom stereocenters. The zero-order valence-electron chi connectivity index (χ0n) is 11.3.